The summed E-state index contributed by atoms with van der Waals surface area (Å²) in [6.07, 6.45) is 0.799. The van der Waals surface area contributed by atoms with Crippen molar-refractivity contribution in [3.8, 4) is 5.75 Å². The minimum atomic E-state index is -0.695. The molecule has 2 rings (SSSR count). The minimum absolute atomic E-state index is 0.177. The van der Waals surface area contributed by atoms with Crippen LogP contribution in [0.25, 0.3) is 0 Å². The molecule has 2 aromatic carbocycles. The maximum atomic E-state index is 13.3. The number of carbonyl (C=O) groups is 2. The summed E-state index contributed by atoms with van der Waals surface area (Å²) in [5.74, 6) is 0.0136. The van der Waals surface area contributed by atoms with E-state index in [0.29, 0.717) is 18.2 Å². The Hall–Kier alpha value is -2.41. The molecule has 7 heteroatoms. The minimum Gasteiger partial charge on any atom is -0.483 e. The zero-order valence-corrected chi connectivity index (χ0v) is 20.0. The molecule has 1 atom stereocenters. The molecule has 0 aliphatic carbocycles. The van der Waals surface area contributed by atoms with Crippen LogP contribution < -0.4 is 10.1 Å². The molecule has 0 saturated heterocycles. The number of hydrogen-bond donors (Lipinski definition) is 1. The van der Waals surface area contributed by atoms with Crippen LogP contribution in [0.1, 0.15) is 51.2 Å². The largest absolute Gasteiger partial charge is 0.483 e. The summed E-state index contributed by atoms with van der Waals surface area (Å²) >= 11 is 3.49. The molecule has 0 heterocycles. The monoisotopic (exact) mass is 492 g/mol. The van der Waals surface area contributed by atoms with Crippen LogP contribution >= 0.6 is 15.9 Å². The van der Waals surface area contributed by atoms with E-state index in [-0.39, 0.29) is 30.8 Å². The normalized spacial score (nSPS) is 11.8. The van der Waals surface area contributed by atoms with Gasteiger partial charge in [0.15, 0.2) is 6.61 Å². The molecule has 5 nitrogen and oxygen atoms in total. The number of carbonyl (C=O) groups excluding carboxylic acids is 2. The Morgan fingerprint density at radius 1 is 1.13 bits per heavy atom. The highest BCUT2D eigenvalue weighted by molar-refractivity contribution is 9.10. The third kappa shape index (κ3) is 7.35. The lowest BCUT2D eigenvalue weighted by Crippen LogP contribution is -2.49. The lowest BCUT2D eigenvalue weighted by Gasteiger charge is -2.28. The first kappa shape index (κ1) is 24.9. The van der Waals surface area contributed by atoms with E-state index in [0.717, 1.165) is 22.0 Å². The van der Waals surface area contributed by atoms with Crippen LogP contribution in [-0.2, 0) is 16.1 Å². The number of benzene rings is 2. The van der Waals surface area contributed by atoms with Gasteiger partial charge in [0.1, 0.15) is 17.6 Å². The van der Waals surface area contributed by atoms with Crippen molar-refractivity contribution < 1.29 is 18.7 Å². The van der Waals surface area contributed by atoms with Crippen LogP contribution in [0.2, 0.25) is 0 Å². The van der Waals surface area contributed by atoms with E-state index in [2.05, 4.69) is 35.1 Å². The van der Waals surface area contributed by atoms with Crippen molar-refractivity contribution in [2.45, 2.75) is 52.6 Å². The number of amides is 2. The van der Waals surface area contributed by atoms with Crippen molar-refractivity contribution in [2.24, 2.45) is 0 Å². The highest BCUT2D eigenvalue weighted by atomic mass is 79.9. The predicted molar refractivity (Wildman–Crippen MR) is 123 cm³/mol. The van der Waals surface area contributed by atoms with E-state index in [9.17, 15) is 14.0 Å². The fraction of sp³-hybridized carbons (Fsp3) is 0.417. The number of halogens is 2. The van der Waals surface area contributed by atoms with E-state index in [1.54, 1.807) is 19.1 Å². The maximum absolute atomic E-state index is 13.3. The van der Waals surface area contributed by atoms with Gasteiger partial charge in [0.25, 0.3) is 5.91 Å². The molecule has 0 saturated carbocycles. The molecular formula is C24H30BrFN2O3. The second kappa shape index (κ2) is 11.8. The SMILES string of the molecule is CCCNC(=O)[C@H](C)N(Cc1ccc(F)cc1)C(=O)COc1ccc(C(C)C)cc1Br. The molecule has 31 heavy (non-hydrogen) atoms. The van der Waals surface area contributed by atoms with Crippen LogP contribution in [0.4, 0.5) is 4.39 Å². The molecule has 168 valence electrons. The predicted octanol–water partition coefficient (Wildman–Crippen LogP) is 5.03. The summed E-state index contributed by atoms with van der Waals surface area (Å²) in [7, 11) is 0. The molecule has 1 N–H and O–H groups in total. The first-order valence-electron chi connectivity index (χ1n) is 10.5. The van der Waals surface area contributed by atoms with Crippen LogP contribution in [-0.4, -0.2) is 35.9 Å². The van der Waals surface area contributed by atoms with E-state index in [1.165, 1.54) is 17.0 Å². The average Bonchev–Trinajstić information content (AvgIpc) is 2.75. The Balaban J connectivity index is 2.14. The van der Waals surface area contributed by atoms with E-state index < -0.39 is 6.04 Å². The van der Waals surface area contributed by atoms with Crippen molar-refractivity contribution in [1.29, 1.82) is 0 Å². The van der Waals surface area contributed by atoms with E-state index >= 15 is 0 Å². The summed E-state index contributed by atoms with van der Waals surface area (Å²) in [5, 5.41) is 2.82. The van der Waals surface area contributed by atoms with Gasteiger partial charge in [-0.1, -0.05) is 39.0 Å². The molecule has 0 bridgehead atoms. The molecule has 2 amide bonds. The van der Waals surface area contributed by atoms with Crippen molar-refractivity contribution in [3.63, 3.8) is 0 Å². The lowest BCUT2D eigenvalue weighted by molar-refractivity contribution is -0.142. The molecule has 0 aliphatic rings. The highest BCUT2D eigenvalue weighted by Gasteiger charge is 2.26. The zero-order valence-electron chi connectivity index (χ0n) is 18.5. The molecule has 0 radical (unpaired) electrons. The van der Waals surface area contributed by atoms with Crippen molar-refractivity contribution in [3.05, 3.63) is 63.9 Å². The smallest absolute Gasteiger partial charge is 0.261 e. The second-order valence-electron chi connectivity index (χ2n) is 7.75. The van der Waals surface area contributed by atoms with Crippen LogP contribution in [0.15, 0.2) is 46.9 Å². The van der Waals surface area contributed by atoms with E-state index in [1.807, 2.05) is 25.1 Å². The average molecular weight is 493 g/mol. The fourth-order valence-corrected chi connectivity index (χ4v) is 3.49. The van der Waals surface area contributed by atoms with Crippen LogP contribution in [0, 0.1) is 5.82 Å². The first-order valence-corrected chi connectivity index (χ1v) is 11.3. The highest BCUT2D eigenvalue weighted by Crippen LogP contribution is 2.29. The van der Waals surface area contributed by atoms with Crippen LogP contribution in [0.3, 0.4) is 0 Å². The third-order valence-electron chi connectivity index (χ3n) is 4.96. The van der Waals surface area contributed by atoms with Gasteiger partial charge in [0.2, 0.25) is 5.91 Å². The standard InChI is InChI=1S/C24H30BrFN2O3/c1-5-12-27-24(30)17(4)28(14-18-6-9-20(26)10-7-18)23(29)15-31-22-11-8-19(16(2)3)13-21(22)25/h6-11,13,16-17H,5,12,14-15H2,1-4H3,(H,27,30)/t17-/m0/s1. The van der Waals surface area contributed by atoms with Gasteiger partial charge in [-0.25, -0.2) is 4.39 Å². The number of ether oxygens (including phenoxy) is 1. The Kier molecular flexibility index (Phi) is 9.49. The first-order chi connectivity index (χ1) is 14.7. The topological polar surface area (TPSA) is 58.6 Å². The van der Waals surface area contributed by atoms with Gasteiger partial charge in [-0.05, 0) is 70.6 Å². The fourth-order valence-electron chi connectivity index (χ4n) is 2.98. The molecule has 0 aromatic heterocycles. The summed E-state index contributed by atoms with van der Waals surface area (Å²) in [4.78, 5) is 27.0. The number of nitrogens with one attached hydrogen (secondary N) is 1. The zero-order chi connectivity index (χ0) is 23.0. The van der Waals surface area contributed by atoms with Gasteiger partial charge < -0.3 is 15.0 Å². The Morgan fingerprint density at radius 2 is 1.81 bits per heavy atom. The summed E-state index contributed by atoms with van der Waals surface area (Å²) < 4.78 is 19.8. The van der Waals surface area contributed by atoms with Gasteiger partial charge in [-0.15, -0.1) is 0 Å². The summed E-state index contributed by atoms with van der Waals surface area (Å²) in [5.41, 5.74) is 1.89. The maximum Gasteiger partial charge on any atom is 0.261 e. The summed E-state index contributed by atoms with van der Waals surface area (Å²) in [6, 6.07) is 11.0. The Bertz CT molecular complexity index is 887. The van der Waals surface area contributed by atoms with E-state index in [4.69, 9.17) is 4.74 Å². The molecule has 0 aliphatic heterocycles. The molecule has 0 unspecified atom stereocenters. The summed E-state index contributed by atoms with van der Waals surface area (Å²) in [6.45, 7) is 8.34. The third-order valence-corrected chi connectivity index (χ3v) is 5.58. The van der Waals surface area contributed by atoms with Gasteiger partial charge in [0.05, 0.1) is 4.47 Å². The quantitative estimate of drug-likeness (QED) is 0.505. The van der Waals surface area contributed by atoms with Crippen LogP contribution in [0.5, 0.6) is 5.75 Å². The van der Waals surface area contributed by atoms with Crippen molar-refractivity contribution in [1.82, 2.24) is 10.2 Å². The molecule has 2 aromatic rings. The lowest BCUT2D eigenvalue weighted by atomic mass is 10.0. The van der Waals surface area contributed by atoms with Gasteiger partial charge >= 0.3 is 0 Å². The molecule has 0 fully saturated rings. The van der Waals surface area contributed by atoms with Crippen molar-refractivity contribution in [2.75, 3.05) is 13.2 Å². The van der Waals surface area contributed by atoms with Gasteiger partial charge in [-0.3, -0.25) is 9.59 Å². The molecule has 0 spiro atoms. The number of rotatable bonds is 10. The Labute approximate surface area is 192 Å². The Morgan fingerprint density at radius 3 is 2.39 bits per heavy atom. The van der Waals surface area contributed by atoms with Gasteiger partial charge in [-0.2, -0.15) is 0 Å². The second-order valence-corrected chi connectivity index (χ2v) is 8.60. The van der Waals surface area contributed by atoms with Gasteiger partial charge in [0, 0.05) is 13.1 Å². The number of nitrogens with zero attached hydrogens (tertiary/aromatic N) is 1. The molecular weight excluding hydrogens is 463 g/mol. The number of hydrogen-bond acceptors (Lipinski definition) is 3. The van der Waals surface area contributed by atoms with Crippen molar-refractivity contribution >= 4 is 27.7 Å².